The molecular formula is C16H11ClFN3. The average Bonchev–Trinajstić information content (AvgIpc) is 2.84. The molecule has 1 heterocycles. The van der Waals surface area contributed by atoms with Crippen LogP contribution in [-0.4, -0.2) is 9.55 Å². The zero-order valence-corrected chi connectivity index (χ0v) is 12.0. The Morgan fingerprint density at radius 3 is 2.86 bits per heavy atom. The number of hydrogen-bond acceptors (Lipinski definition) is 2. The number of nitrogens with zero attached hydrogens (tertiary/aromatic N) is 3. The highest BCUT2D eigenvalue weighted by Crippen LogP contribution is 2.26. The fourth-order valence-electron chi connectivity index (χ4n) is 2.40. The van der Waals surface area contributed by atoms with E-state index in [9.17, 15) is 9.65 Å². The van der Waals surface area contributed by atoms with Crippen molar-refractivity contribution in [2.24, 2.45) is 0 Å². The van der Waals surface area contributed by atoms with E-state index in [4.69, 9.17) is 11.6 Å². The molecule has 0 fully saturated rings. The van der Waals surface area contributed by atoms with Crippen LogP contribution < -0.4 is 0 Å². The molecule has 0 amide bonds. The fourth-order valence-corrected chi connectivity index (χ4v) is 2.58. The molecule has 0 saturated carbocycles. The van der Waals surface area contributed by atoms with Crippen LogP contribution in [0.3, 0.4) is 0 Å². The van der Waals surface area contributed by atoms with Crippen molar-refractivity contribution in [3.63, 3.8) is 0 Å². The van der Waals surface area contributed by atoms with Gasteiger partial charge in [0, 0.05) is 0 Å². The number of halogens is 2. The Hall–Kier alpha value is -2.38. The second-order valence-electron chi connectivity index (χ2n) is 4.74. The SMILES string of the molecule is Cc1ccc2nc(CCl)n(-c3cccc(F)c3C#N)c2c1. The molecule has 0 aliphatic carbocycles. The number of benzene rings is 2. The number of aromatic nitrogens is 2. The van der Waals surface area contributed by atoms with Gasteiger partial charge in [-0.3, -0.25) is 4.57 Å². The summed E-state index contributed by atoms with van der Waals surface area (Å²) in [5.74, 6) is 0.208. The van der Waals surface area contributed by atoms with Crippen LogP contribution in [-0.2, 0) is 5.88 Å². The van der Waals surface area contributed by atoms with Crippen LogP contribution in [0, 0.1) is 24.1 Å². The van der Waals surface area contributed by atoms with Crippen molar-refractivity contribution in [3.8, 4) is 11.8 Å². The molecule has 2 aromatic carbocycles. The van der Waals surface area contributed by atoms with Crippen LogP contribution in [0.5, 0.6) is 0 Å². The zero-order chi connectivity index (χ0) is 15.0. The van der Waals surface area contributed by atoms with Crippen molar-refractivity contribution in [1.29, 1.82) is 5.26 Å². The molecule has 0 aliphatic heterocycles. The van der Waals surface area contributed by atoms with Crippen LogP contribution in [0.1, 0.15) is 17.0 Å². The summed E-state index contributed by atoms with van der Waals surface area (Å²) in [6, 6.07) is 12.2. The lowest BCUT2D eigenvalue weighted by atomic mass is 10.1. The first-order valence-electron chi connectivity index (χ1n) is 6.38. The Morgan fingerprint density at radius 1 is 1.33 bits per heavy atom. The number of hydrogen-bond donors (Lipinski definition) is 0. The number of alkyl halides is 1. The maximum atomic E-state index is 13.9. The van der Waals surface area contributed by atoms with Gasteiger partial charge in [0.2, 0.25) is 0 Å². The van der Waals surface area contributed by atoms with E-state index >= 15 is 0 Å². The lowest BCUT2D eigenvalue weighted by Gasteiger charge is -2.10. The van der Waals surface area contributed by atoms with Gasteiger partial charge in [0.15, 0.2) is 0 Å². The third-order valence-corrected chi connectivity index (χ3v) is 3.58. The van der Waals surface area contributed by atoms with Gasteiger partial charge in [-0.15, -0.1) is 11.6 Å². The summed E-state index contributed by atoms with van der Waals surface area (Å²) < 4.78 is 15.6. The molecule has 0 spiro atoms. The number of nitriles is 1. The van der Waals surface area contributed by atoms with Crippen molar-refractivity contribution in [2.45, 2.75) is 12.8 Å². The van der Waals surface area contributed by atoms with E-state index in [0.29, 0.717) is 11.5 Å². The first kappa shape index (κ1) is 13.6. The van der Waals surface area contributed by atoms with Crippen LogP contribution in [0.4, 0.5) is 4.39 Å². The van der Waals surface area contributed by atoms with Crippen LogP contribution in [0.2, 0.25) is 0 Å². The standard InChI is InChI=1S/C16H11ClFN3/c1-10-5-6-13-15(7-10)21(16(8-17)20-13)14-4-2-3-12(18)11(14)9-19/h2-7H,8H2,1H3. The largest absolute Gasteiger partial charge is 0.294 e. The van der Waals surface area contributed by atoms with Crippen LogP contribution in [0.15, 0.2) is 36.4 Å². The van der Waals surface area contributed by atoms with Gasteiger partial charge in [-0.25, -0.2) is 9.37 Å². The van der Waals surface area contributed by atoms with Gasteiger partial charge in [0.25, 0.3) is 0 Å². The monoisotopic (exact) mass is 299 g/mol. The summed E-state index contributed by atoms with van der Waals surface area (Å²) in [6.45, 7) is 1.97. The Morgan fingerprint density at radius 2 is 2.14 bits per heavy atom. The van der Waals surface area contributed by atoms with Gasteiger partial charge in [-0.1, -0.05) is 12.1 Å². The van der Waals surface area contributed by atoms with Crippen LogP contribution >= 0.6 is 11.6 Å². The Balaban J connectivity index is 2.42. The third kappa shape index (κ3) is 2.16. The minimum Gasteiger partial charge on any atom is -0.294 e. The van der Waals surface area contributed by atoms with E-state index in [1.165, 1.54) is 6.07 Å². The van der Waals surface area contributed by atoms with E-state index in [1.54, 1.807) is 16.7 Å². The van der Waals surface area contributed by atoms with Gasteiger partial charge < -0.3 is 0 Å². The quantitative estimate of drug-likeness (QED) is 0.669. The number of aryl methyl sites for hydroxylation is 1. The lowest BCUT2D eigenvalue weighted by molar-refractivity contribution is 0.622. The van der Waals surface area contributed by atoms with Gasteiger partial charge in [0.05, 0.1) is 22.6 Å². The number of fused-ring (bicyclic) bond motifs is 1. The maximum Gasteiger partial charge on any atom is 0.143 e. The number of rotatable bonds is 2. The highest BCUT2D eigenvalue weighted by molar-refractivity contribution is 6.17. The summed E-state index contributed by atoms with van der Waals surface area (Å²) in [5, 5.41) is 9.23. The minimum atomic E-state index is -0.551. The molecule has 0 unspecified atom stereocenters. The van der Waals surface area contributed by atoms with E-state index in [1.807, 2.05) is 31.2 Å². The summed E-state index contributed by atoms with van der Waals surface area (Å²) in [4.78, 5) is 4.45. The van der Waals surface area contributed by atoms with Gasteiger partial charge >= 0.3 is 0 Å². The zero-order valence-electron chi connectivity index (χ0n) is 11.3. The third-order valence-electron chi connectivity index (χ3n) is 3.34. The molecule has 0 radical (unpaired) electrons. The molecule has 0 saturated heterocycles. The molecule has 1 aromatic heterocycles. The molecule has 3 rings (SSSR count). The second-order valence-corrected chi connectivity index (χ2v) is 5.00. The smallest absolute Gasteiger partial charge is 0.143 e. The fraction of sp³-hybridized carbons (Fsp3) is 0.125. The first-order chi connectivity index (χ1) is 10.2. The van der Waals surface area contributed by atoms with Gasteiger partial charge in [0.1, 0.15) is 23.3 Å². The summed E-state index contributed by atoms with van der Waals surface area (Å²) >= 11 is 5.97. The molecular weight excluding hydrogens is 289 g/mol. The van der Waals surface area contributed by atoms with Crippen LogP contribution in [0.25, 0.3) is 16.7 Å². The van der Waals surface area contributed by atoms with E-state index < -0.39 is 5.82 Å². The maximum absolute atomic E-state index is 13.9. The molecule has 0 bridgehead atoms. The van der Waals surface area contributed by atoms with Crippen molar-refractivity contribution in [1.82, 2.24) is 9.55 Å². The van der Waals surface area contributed by atoms with Crippen molar-refractivity contribution >= 4 is 22.6 Å². The van der Waals surface area contributed by atoms with Crippen molar-refractivity contribution < 1.29 is 4.39 Å². The van der Waals surface area contributed by atoms with Crippen molar-refractivity contribution in [3.05, 3.63) is 59.2 Å². The van der Waals surface area contributed by atoms with E-state index in [-0.39, 0.29) is 11.4 Å². The molecule has 0 N–H and O–H groups in total. The Kier molecular flexibility index (Phi) is 3.36. The highest BCUT2D eigenvalue weighted by Gasteiger charge is 2.16. The minimum absolute atomic E-state index is 0.00956. The molecule has 3 aromatic rings. The highest BCUT2D eigenvalue weighted by atomic mass is 35.5. The Bertz CT molecular complexity index is 877. The molecule has 0 atom stereocenters. The summed E-state index contributed by atoms with van der Waals surface area (Å²) in [7, 11) is 0. The average molecular weight is 300 g/mol. The molecule has 21 heavy (non-hydrogen) atoms. The first-order valence-corrected chi connectivity index (χ1v) is 6.92. The normalized spacial score (nSPS) is 10.8. The lowest BCUT2D eigenvalue weighted by Crippen LogP contribution is -2.03. The van der Waals surface area contributed by atoms with Gasteiger partial charge in [-0.2, -0.15) is 5.26 Å². The summed E-state index contributed by atoms with van der Waals surface area (Å²) in [5.41, 5.74) is 3.09. The van der Waals surface area contributed by atoms with Gasteiger partial charge in [-0.05, 0) is 36.8 Å². The van der Waals surface area contributed by atoms with E-state index in [0.717, 1.165) is 16.6 Å². The predicted octanol–water partition coefficient (Wildman–Crippen LogP) is 4.08. The molecule has 3 nitrogen and oxygen atoms in total. The second kappa shape index (κ2) is 5.19. The summed E-state index contributed by atoms with van der Waals surface area (Å²) in [6.07, 6.45) is 0. The van der Waals surface area contributed by atoms with E-state index in [2.05, 4.69) is 4.98 Å². The topological polar surface area (TPSA) is 41.6 Å². The molecule has 104 valence electrons. The Labute approximate surface area is 126 Å². The number of imidazole rings is 1. The molecule has 5 heteroatoms. The predicted molar refractivity (Wildman–Crippen MR) is 80.0 cm³/mol. The molecule has 0 aliphatic rings. The van der Waals surface area contributed by atoms with Crippen molar-refractivity contribution in [2.75, 3.05) is 0 Å².